The van der Waals surface area contributed by atoms with Gasteiger partial charge in [-0.2, -0.15) is 4.98 Å². The lowest BCUT2D eigenvalue weighted by Crippen LogP contribution is -2.24. The number of benzene rings is 1. The van der Waals surface area contributed by atoms with Crippen LogP contribution < -0.4 is 5.32 Å². The molecule has 1 aliphatic rings. The van der Waals surface area contributed by atoms with Gasteiger partial charge in [-0.1, -0.05) is 32.6 Å². The van der Waals surface area contributed by atoms with E-state index in [9.17, 15) is 4.39 Å². The third-order valence-electron chi connectivity index (χ3n) is 5.20. The predicted molar refractivity (Wildman–Crippen MR) is 107 cm³/mol. The zero-order valence-corrected chi connectivity index (χ0v) is 16.2. The fraction of sp³-hybridized carbons (Fsp3) is 0.476. The van der Waals surface area contributed by atoms with Gasteiger partial charge in [-0.25, -0.2) is 14.4 Å². The Kier molecular flexibility index (Phi) is 5.69. The van der Waals surface area contributed by atoms with Crippen molar-refractivity contribution in [3.8, 4) is 11.4 Å². The first-order valence-electron chi connectivity index (χ1n) is 10.2. The van der Waals surface area contributed by atoms with Crippen LogP contribution in [0.3, 0.4) is 0 Å². The van der Waals surface area contributed by atoms with Crippen molar-refractivity contribution in [2.24, 2.45) is 0 Å². The number of aromatic nitrogens is 5. The van der Waals surface area contributed by atoms with E-state index in [4.69, 9.17) is 4.98 Å². The van der Waals surface area contributed by atoms with Crippen LogP contribution in [0.4, 0.5) is 10.3 Å². The van der Waals surface area contributed by atoms with Crippen molar-refractivity contribution in [3.63, 3.8) is 0 Å². The molecule has 0 unspecified atom stereocenters. The molecule has 1 aromatic carbocycles. The fourth-order valence-electron chi connectivity index (χ4n) is 3.63. The number of hydrogen-bond acceptors (Lipinski definition) is 6. The normalized spacial score (nSPS) is 15.1. The molecule has 0 aliphatic heterocycles. The molecular weight excluding hydrogens is 355 g/mol. The Hall–Kier alpha value is -2.70. The summed E-state index contributed by atoms with van der Waals surface area (Å²) in [5.41, 5.74) is 2.80. The summed E-state index contributed by atoms with van der Waals surface area (Å²) in [4.78, 5) is 14.0. The van der Waals surface area contributed by atoms with Crippen LogP contribution in [0.15, 0.2) is 24.3 Å². The van der Waals surface area contributed by atoms with E-state index in [0.717, 1.165) is 43.4 Å². The van der Waals surface area contributed by atoms with Crippen LogP contribution >= 0.6 is 0 Å². The quantitative estimate of drug-likeness (QED) is 0.667. The molecule has 2 heterocycles. The average molecular weight is 380 g/mol. The molecule has 3 aromatic rings. The van der Waals surface area contributed by atoms with E-state index < -0.39 is 0 Å². The van der Waals surface area contributed by atoms with Crippen LogP contribution in [-0.2, 0) is 6.42 Å². The Morgan fingerprint density at radius 3 is 2.54 bits per heavy atom. The summed E-state index contributed by atoms with van der Waals surface area (Å²) in [5, 5.41) is 12.0. The highest BCUT2D eigenvalue weighted by Crippen LogP contribution is 2.23. The summed E-state index contributed by atoms with van der Waals surface area (Å²) in [6, 6.07) is 6.53. The fourth-order valence-corrected chi connectivity index (χ4v) is 3.63. The second-order valence-corrected chi connectivity index (χ2v) is 7.39. The molecule has 1 N–H and O–H groups in total. The van der Waals surface area contributed by atoms with Crippen LogP contribution in [0.5, 0.6) is 0 Å². The number of aryl methyl sites for hydroxylation is 1. The molecule has 0 atom stereocenters. The molecule has 0 spiro atoms. The van der Waals surface area contributed by atoms with Crippen molar-refractivity contribution >= 4 is 17.1 Å². The minimum atomic E-state index is -0.289. The predicted octanol–water partition coefficient (Wildman–Crippen LogP) is 4.71. The Labute approximate surface area is 164 Å². The Morgan fingerprint density at radius 1 is 1.00 bits per heavy atom. The molecule has 0 saturated heterocycles. The number of anilines is 1. The van der Waals surface area contributed by atoms with Gasteiger partial charge in [-0.3, -0.25) is 0 Å². The summed E-state index contributed by atoms with van der Waals surface area (Å²) in [6.07, 6.45) is 9.01. The molecule has 1 fully saturated rings. The van der Waals surface area contributed by atoms with Gasteiger partial charge in [0.1, 0.15) is 11.3 Å². The lowest BCUT2D eigenvalue weighted by Gasteiger charge is -2.23. The number of nitrogens with zero attached hydrogens (tertiary/aromatic N) is 5. The van der Waals surface area contributed by atoms with E-state index in [2.05, 4.69) is 32.4 Å². The molecule has 7 heteroatoms. The largest absolute Gasteiger partial charge is 0.351 e. The first kappa shape index (κ1) is 18.7. The molecule has 1 saturated carbocycles. The molecule has 4 rings (SSSR count). The Morgan fingerprint density at radius 2 is 1.79 bits per heavy atom. The van der Waals surface area contributed by atoms with Crippen molar-refractivity contribution in [2.75, 3.05) is 5.32 Å². The van der Waals surface area contributed by atoms with Gasteiger partial charge in [0.05, 0.1) is 5.69 Å². The van der Waals surface area contributed by atoms with E-state index in [1.807, 2.05) is 0 Å². The third kappa shape index (κ3) is 4.24. The van der Waals surface area contributed by atoms with Crippen LogP contribution in [0.2, 0.25) is 0 Å². The maximum absolute atomic E-state index is 13.2. The molecule has 2 aromatic heterocycles. The third-order valence-corrected chi connectivity index (χ3v) is 5.20. The van der Waals surface area contributed by atoms with Crippen molar-refractivity contribution in [1.29, 1.82) is 0 Å². The van der Waals surface area contributed by atoms with Crippen LogP contribution in [0.1, 0.15) is 57.6 Å². The van der Waals surface area contributed by atoms with Crippen LogP contribution in [0.25, 0.3) is 22.6 Å². The number of unbranched alkanes of at least 4 members (excludes halogenated alkanes) is 1. The SMILES string of the molecule is CCCCc1nc(NC2CCCCC2)nc2nnc(-c3ccc(F)cc3)nc12. The molecule has 146 valence electrons. The molecule has 0 radical (unpaired) electrons. The number of fused-ring (bicyclic) bond motifs is 1. The molecule has 28 heavy (non-hydrogen) atoms. The molecule has 6 nitrogen and oxygen atoms in total. The highest BCUT2D eigenvalue weighted by Gasteiger charge is 2.17. The van der Waals surface area contributed by atoms with Gasteiger partial charge < -0.3 is 5.32 Å². The Bertz CT molecular complexity index is 938. The summed E-state index contributed by atoms with van der Waals surface area (Å²) in [6.45, 7) is 2.15. The van der Waals surface area contributed by atoms with Gasteiger partial charge >= 0.3 is 0 Å². The number of halogens is 1. The highest BCUT2D eigenvalue weighted by molar-refractivity contribution is 5.75. The number of nitrogens with one attached hydrogen (secondary N) is 1. The summed E-state index contributed by atoms with van der Waals surface area (Å²) in [5.74, 6) is 0.792. The van der Waals surface area contributed by atoms with Gasteiger partial charge in [0.25, 0.3) is 0 Å². The molecule has 0 amide bonds. The smallest absolute Gasteiger partial charge is 0.225 e. The van der Waals surface area contributed by atoms with Crippen LogP contribution in [-0.4, -0.2) is 31.2 Å². The first-order chi connectivity index (χ1) is 13.7. The minimum absolute atomic E-state index is 0.289. The van der Waals surface area contributed by atoms with E-state index in [-0.39, 0.29) is 5.82 Å². The van der Waals surface area contributed by atoms with Crippen molar-refractivity contribution < 1.29 is 4.39 Å². The van der Waals surface area contributed by atoms with Crippen LogP contribution in [0, 0.1) is 5.82 Å². The highest BCUT2D eigenvalue weighted by atomic mass is 19.1. The maximum Gasteiger partial charge on any atom is 0.225 e. The molecule has 0 bridgehead atoms. The summed E-state index contributed by atoms with van der Waals surface area (Å²) < 4.78 is 13.2. The standard InChI is InChI=1S/C21H25FN6/c1-2-3-9-17-18-20(26-21(24-17)23-16-7-5-4-6-8-16)28-27-19(25-18)14-10-12-15(22)13-11-14/h10-13,16H,2-9H2,1H3,(H,23,24,26,28). The number of rotatable bonds is 6. The van der Waals surface area contributed by atoms with E-state index >= 15 is 0 Å². The molecular formula is C21H25FN6. The maximum atomic E-state index is 13.2. The lowest BCUT2D eigenvalue weighted by atomic mass is 9.96. The van der Waals surface area contributed by atoms with Gasteiger partial charge in [0, 0.05) is 11.6 Å². The van der Waals surface area contributed by atoms with Crippen molar-refractivity contribution in [3.05, 3.63) is 35.8 Å². The molecule has 1 aliphatic carbocycles. The summed E-state index contributed by atoms with van der Waals surface area (Å²) in [7, 11) is 0. The zero-order chi connectivity index (χ0) is 19.3. The van der Waals surface area contributed by atoms with Gasteiger partial charge in [0.2, 0.25) is 11.6 Å². The topological polar surface area (TPSA) is 76.5 Å². The van der Waals surface area contributed by atoms with Gasteiger partial charge in [-0.15, -0.1) is 10.2 Å². The van der Waals surface area contributed by atoms with E-state index in [0.29, 0.717) is 29.0 Å². The monoisotopic (exact) mass is 380 g/mol. The summed E-state index contributed by atoms with van der Waals surface area (Å²) >= 11 is 0. The van der Waals surface area contributed by atoms with E-state index in [1.54, 1.807) is 12.1 Å². The van der Waals surface area contributed by atoms with Crippen molar-refractivity contribution in [2.45, 2.75) is 64.3 Å². The second kappa shape index (κ2) is 8.54. The minimum Gasteiger partial charge on any atom is -0.351 e. The zero-order valence-electron chi connectivity index (χ0n) is 16.2. The van der Waals surface area contributed by atoms with E-state index in [1.165, 1.54) is 31.4 Å². The number of hydrogen-bond donors (Lipinski definition) is 1. The average Bonchev–Trinajstić information content (AvgIpc) is 2.73. The lowest BCUT2D eigenvalue weighted by molar-refractivity contribution is 0.461. The van der Waals surface area contributed by atoms with Gasteiger partial charge in [0.15, 0.2) is 5.82 Å². The van der Waals surface area contributed by atoms with Crippen molar-refractivity contribution in [1.82, 2.24) is 25.1 Å². The first-order valence-corrected chi connectivity index (χ1v) is 10.2. The van der Waals surface area contributed by atoms with Gasteiger partial charge in [-0.05, 0) is 49.9 Å². The second-order valence-electron chi connectivity index (χ2n) is 7.39. The Balaban J connectivity index is 1.70.